The normalized spacial score (nSPS) is 21.4. The first kappa shape index (κ1) is 16.5. The number of aliphatic carboxylic acids is 1. The molecule has 1 aliphatic heterocycles. The monoisotopic (exact) mass is 324 g/mol. The fourth-order valence-corrected chi connectivity index (χ4v) is 3.59. The number of benzene rings is 2. The summed E-state index contributed by atoms with van der Waals surface area (Å²) in [4.78, 5) is 15.5. The maximum atomic E-state index is 11.0. The molecule has 2 aromatic rings. The van der Waals surface area contributed by atoms with Crippen LogP contribution in [-0.4, -0.2) is 41.1 Å². The van der Waals surface area contributed by atoms with Crippen LogP contribution in [0.5, 0.6) is 0 Å². The predicted molar refractivity (Wildman–Crippen MR) is 96.7 cm³/mol. The summed E-state index contributed by atoms with van der Waals surface area (Å²) in [6.45, 7) is 3.07. The van der Waals surface area contributed by atoms with Gasteiger partial charge in [-0.1, -0.05) is 36.4 Å². The van der Waals surface area contributed by atoms with E-state index in [0.29, 0.717) is 6.04 Å². The highest BCUT2D eigenvalue weighted by molar-refractivity contribution is 5.69. The number of likely N-dealkylation sites (tertiary alicyclic amines) is 1. The maximum absolute atomic E-state index is 11.0. The molecular formula is C20H24N2O2. The SMILES string of the molecule is CC1CC(N(c2ccccc2)c2ccccc2)CCN1CC(=O)O. The lowest BCUT2D eigenvalue weighted by Crippen LogP contribution is -2.49. The van der Waals surface area contributed by atoms with Crippen molar-refractivity contribution in [2.45, 2.75) is 31.8 Å². The zero-order valence-corrected chi connectivity index (χ0v) is 14.0. The fraction of sp³-hybridized carbons (Fsp3) is 0.350. The second-order valence-electron chi connectivity index (χ2n) is 6.43. The molecule has 3 rings (SSSR count). The molecule has 24 heavy (non-hydrogen) atoms. The number of rotatable bonds is 5. The molecule has 1 saturated heterocycles. The third-order valence-electron chi connectivity index (χ3n) is 4.76. The molecule has 0 spiro atoms. The van der Waals surface area contributed by atoms with E-state index in [-0.39, 0.29) is 12.6 Å². The van der Waals surface area contributed by atoms with Crippen LogP contribution in [0.1, 0.15) is 19.8 Å². The van der Waals surface area contributed by atoms with Gasteiger partial charge in [0.15, 0.2) is 0 Å². The van der Waals surface area contributed by atoms with E-state index in [2.05, 4.69) is 65.3 Å². The summed E-state index contributed by atoms with van der Waals surface area (Å²) in [7, 11) is 0. The van der Waals surface area contributed by atoms with Crippen LogP contribution in [0.3, 0.4) is 0 Å². The highest BCUT2D eigenvalue weighted by atomic mass is 16.4. The summed E-state index contributed by atoms with van der Waals surface area (Å²) in [6, 6.07) is 21.5. The Hall–Kier alpha value is -2.33. The summed E-state index contributed by atoms with van der Waals surface area (Å²) < 4.78 is 0. The van der Waals surface area contributed by atoms with Crippen LogP contribution >= 0.6 is 0 Å². The van der Waals surface area contributed by atoms with Crippen molar-refractivity contribution >= 4 is 17.3 Å². The second kappa shape index (κ2) is 7.49. The van der Waals surface area contributed by atoms with Gasteiger partial charge in [-0.3, -0.25) is 9.69 Å². The van der Waals surface area contributed by atoms with Crippen LogP contribution in [0.2, 0.25) is 0 Å². The van der Waals surface area contributed by atoms with E-state index in [0.717, 1.165) is 19.4 Å². The van der Waals surface area contributed by atoms with Gasteiger partial charge in [0.05, 0.1) is 6.54 Å². The zero-order chi connectivity index (χ0) is 16.9. The molecule has 126 valence electrons. The van der Waals surface area contributed by atoms with Crippen molar-refractivity contribution in [3.05, 3.63) is 60.7 Å². The van der Waals surface area contributed by atoms with Gasteiger partial charge in [-0.2, -0.15) is 0 Å². The van der Waals surface area contributed by atoms with Gasteiger partial charge in [-0.25, -0.2) is 0 Å². The zero-order valence-electron chi connectivity index (χ0n) is 14.0. The molecule has 0 amide bonds. The van der Waals surface area contributed by atoms with Crippen molar-refractivity contribution in [1.82, 2.24) is 4.90 Å². The Balaban J connectivity index is 1.84. The highest BCUT2D eigenvalue weighted by Gasteiger charge is 2.31. The van der Waals surface area contributed by atoms with Gasteiger partial charge >= 0.3 is 5.97 Å². The third kappa shape index (κ3) is 3.77. The lowest BCUT2D eigenvalue weighted by atomic mass is 9.95. The van der Waals surface area contributed by atoms with Crippen molar-refractivity contribution in [3.63, 3.8) is 0 Å². The van der Waals surface area contributed by atoms with Crippen LogP contribution in [-0.2, 0) is 4.79 Å². The maximum Gasteiger partial charge on any atom is 0.317 e. The van der Waals surface area contributed by atoms with E-state index < -0.39 is 5.97 Å². The molecule has 0 saturated carbocycles. The predicted octanol–water partition coefficient (Wildman–Crippen LogP) is 3.76. The molecule has 0 aromatic heterocycles. The van der Waals surface area contributed by atoms with E-state index in [1.165, 1.54) is 11.4 Å². The molecule has 0 bridgehead atoms. The summed E-state index contributed by atoms with van der Waals surface area (Å²) in [5.74, 6) is -0.747. The smallest absolute Gasteiger partial charge is 0.317 e. The van der Waals surface area contributed by atoms with E-state index in [1.807, 2.05) is 12.1 Å². The van der Waals surface area contributed by atoms with Crippen LogP contribution in [0.15, 0.2) is 60.7 Å². The Bertz CT molecular complexity index is 620. The van der Waals surface area contributed by atoms with Gasteiger partial charge in [-0.05, 0) is 44.0 Å². The molecule has 0 aliphatic carbocycles. The number of hydrogen-bond acceptors (Lipinski definition) is 3. The van der Waals surface area contributed by atoms with Crippen molar-refractivity contribution in [1.29, 1.82) is 0 Å². The number of anilines is 2. The lowest BCUT2D eigenvalue weighted by molar-refractivity contribution is -0.139. The average Bonchev–Trinajstić information content (AvgIpc) is 2.59. The Kier molecular flexibility index (Phi) is 5.16. The quantitative estimate of drug-likeness (QED) is 0.909. The van der Waals surface area contributed by atoms with E-state index in [1.54, 1.807) is 0 Å². The Morgan fingerprint density at radius 2 is 1.62 bits per heavy atom. The standard InChI is InChI=1S/C20H24N2O2/c1-16-14-19(12-13-21(16)15-20(23)24)22(17-8-4-2-5-9-17)18-10-6-3-7-11-18/h2-11,16,19H,12-15H2,1H3,(H,23,24). The van der Waals surface area contributed by atoms with Crippen LogP contribution in [0, 0.1) is 0 Å². The van der Waals surface area contributed by atoms with Gasteiger partial charge < -0.3 is 10.0 Å². The first-order valence-corrected chi connectivity index (χ1v) is 8.50. The molecule has 1 N–H and O–H groups in total. The first-order chi connectivity index (χ1) is 11.6. The summed E-state index contributed by atoms with van der Waals surface area (Å²) >= 11 is 0. The lowest BCUT2D eigenvalue weighted by Gasteiger charge is -2.42. The minimum absolute atomic E-state index is 0.130. The van der Waals surface area contributed by atoms with Gasteiger partial charge in [0.1, 0.15) is 0 Å². The number of carboxylic acid groups (broad SMARTS) is 1. The highest BCUT2D eigenvalue weighted by Crippen LogP contribution is 2.33. The van der Waals surface area contributed by atoms with Crippen molar-refractivity contribution in [3.8, 4) is 0 Å². The van der Waals surface area contributed by atoms with Crippen LogP contribution in [0.4, 0.5) is 11.4 Å². The van der Waals surface area contributed by atoms with Crippen molar-refractivity contribution in [2.75, 3.05) is 18.0 Å². The topological polar surface area (TPSA) is 43.8 Å². The fourth-order valence-electron chi connectivity index (χ4n) is 3.59. The Morgan fingerprint density at radius 3 is 2.08 bits per heavy atom. The Labute approximate surface area is 143 Å². The molecule has 2 aromatic carbocycles. The van der Waals surface area contributed by atoms with Crippen LogP contribution in [0.25, 0.3) is 0 Å². The number of hydrogen-bond donors (Lipinski definition) is 1. The van der Waals surface area contributed by atoms with Gasteiger partial charge in [0, 0.05) is 30.0 Å². The summed E-state index contributed by atoms with van der Waals surface area (Å²) in [5, 5.41) is 9.06. The minimum atomic E-state index is -0.747. The third-order valence-corrected chi connectivity index (χ3v) is 4.76. The summed E-state index contributed by atoms with van der Waals surface area (Å²) in [6.07, 6.45) is 1.92. The molecular weight excluding hydrogens is 300 g/mol. The second-order valence-corrected chi connectivity index (χ2v) is 6.43. The molecule has 0 radical (unpaired) electrons. The van der Waals surface area contributed by atoms with E-state index in [9.17, 15) is 4.79 Å². The van der Waals surface area contributed by atoms with Gasteiger partial charge in [-0.15, -0.1) is 0 Å². The molecule has 4 heteroatoms. The largest absolute Gasteiger partial charge is 0.480 e. The molecule has 1 aliphatic rings. The molecule has 1 fully saturated rings. The van der Waals surface area contributed by atoms with E-state index >= 15 is 0 Å². The van der Waals surface area contributed by atoms with Crippen molar-refractivity contribution < 1.29 is 9.90 Å². The molecule has 2 unspecified atom stereocenters. The molecule has 4 nitrogen and oxygen atoms in total. The van der Waals surface area contributed by atoms with Gasteiger partial charge in [0.2, 0.25) is 0 Å². The molecule has 2 atom stereocenters. The number of carboxylic acids is 1. The number of carbonyl (C=O) groups is 1. The van der Waals surface area contributed by atoms with Gasteiger partial charge in [0.25, 0.3) is 0 Å². The number of para-hydroxylation sites is 2. The molecule has 1 heterocycles. The summed E-state index contributed by atoms with van der Waals surface area (Å²) in [5.41, 5.74) is 2.38. The van der Waals surface area contributed by atoms with Crippen molar-refractivity contribution in [2.24, 2.45) is 0 Å². The minimum Gasteiger partial charge on any atom is -0.480 e. The van der Waals surface area contributed by atoms with E-state index in [4.69, 9.17) is 5.11 Å². The number of nitrogens with zero attached hydrogens (tertiary/aromatic N) is 2. The number of piperidine rings is 1. The Morgan fingerprint density at radius 1 is 1.08 bits per heavy atom. The first-order valence-electron chi connectivity index (χ1n) is 8.50. The average molecular weight is 324 g/mol. The van der Waals surface area contributed by atoms with Crippen LogP contribution < -0.4 is 4.90 Å².